The van der Waals surface area contributed by atoms with Gasteiger partial charge in [0.25, 0.3) is 5.91 Å². The van der Waals surface area contributed by atoms with Gasteiger partial charge < -0.3 is 5.73 Å². The molecule has 0 aliphatic carbocycles. The molecule has 0 aliphatic heterocycles. The van der Waals surface area contributed by atoms with Gasteiger partial charge in [0.15, 0.2) is 11.5 Å². The minimum absolute atomic E-state index is 0.198. The lowest BCUT2D eigenvalue weighted by Gasteiger charge is -2.13. The molecule has 132 valence electrons. The van der Waals surface area contributed by atoms with Crippen molar-refractivity contribution >= 4 is 28.2 Å². The molecule has 0 fully saturated rings. The van der Waals surface area contributed by atoms with Crippen LogP contribution in [0.5, 0.6) is 0 Å². The van der Waals surface area contributed by atoms with E-state index in [4.69, 9.17) is 5.73 Å². The molecule has 0 spiro atoms. The van der Waals surface area contributed by atoms with E-state index in [1.54, 1.807) is 35.5 Å². The first-order valence-electron chi connectivity index (χ1n) is 8.30. The summed E-state index contributed by atoms with van der Waals surface area (Å²) in [6, 6.07) is 16.5. The third-order valence-electron chi connectivity index (χ3n) is 4.04. The van der Waals surface area contributed by atoms with Crippen LogP contribution in [-0.2, 0) is 4.79 Å². The van der Waals surface area contributed by atoms with Crippen molar-refractivity contribution in [2.75, 3.05) is 5.43 Å². The van der Waals surface area contributed by atoms with E-state index in [-0.39, 0.29) is 11.6 Å². The highest BCUT2D eigenvalue weighted by molar-refractivity contribution is 6.29. The van der Waals surface area contributed by atoms with E-state index in [1.807, 2.05) is 48.5 Å². The molecule has 0 saturated carbocycles. The Labute approximate surface area is 155 Å². The summed E-state index contributed by atoms with van der Waals surface area (Å²) in [6.45, 7) is 0. The molecule has 0 bridgehead atoms. The van der Waals surface area contributed by atoms with Crippen LogP contribution in [0.25, 0.3) is 22.3 Å². The van der Waals surface area contributed by atoms with E-state index in [0.717, 1.165) is 5.39 Å². The van der Waals surface area contributed by atoms with E-state index < -0.39 is 0 Å². The van der Waals surface area contributed by atoms with Gasteiger partial charge in [-0.2, -0.15) is 0 Å². The highest BCUT2D eigenvalue weighted by atomic mass is 16.2. The standard InChI is InChI=1S/C20H16N6O/c21-17(18-22-11-5-12-23-18)16(14-6-2-1-3-7-14)20(27)25-26-13-9-15-8-4-10-24-19(15)26/h1-13H,21H2,(H,25,27). The number of nitrogens with zero attached hydrogens (tertiary/aromatic N) is 4. The van der Waals surface area contributed by atoms with Crippen LogP contribution in [0.4, 0.5) is 0 Å². The van der Waals surface area contributed by atoms with Gasteiger partial charge in [0, 0.05) is 30.2 Å². The Balaban J connectivity index is 1.78. The van der Waals surface area contributed by atoms with Crippen molar-refractivity contribution in [3.05, 3.63) is 90.8 Å². The first-order valence-corrected chi connectivity index (χ1v) is 8.30. The lowest BCUT2D eigenvalue weighted by atomic mass is 10.0. The van der Waals surface area contributed by atoms with Gasteiger partial charge in [0.2, 0.25) is 0 Å². The molecular weight excluding hydrogens is 340 g/mol. The third kappa shape index (κ3) is 3.25. The minimum Gasteiger partial charge on any atom is -0.395 e. The summed E-state index contributed by atoms with van der Waals surface area (Å²) >= 11 is 0. The topological polar surface area (TPSA) is 98.7 Å². The van der Waals surface area contributed by atoms with E-state index in [0.29, 0.717) is 22.6 Å². The number of carbonyl (C=O) groups is 1. The molecule has 0 aliphatic rings. The van der Waals surface area contributed by atoms with E-state index >= 15 is 0 Å². The average Bonchev–Trinajstić information content (AvgIpc) is 3.12. The Bertz CT molecular complexity index is 1120. The molecule has 0 saturated heterocycles. The number of rotatable bonds is 4. The third-order valence-corrected chi connectivity index (χ3v) is 4.04. The molecular formula is C20H16N6O. The number of benzene rings is 1. The summed E-state index contributed by atoms with van der Waals surface area (Å²) in [7, 11) is 0. The van der Waals surface area contributed by atoms with Crippen LogP contribution in [0.2, 0.25) is 0 Å². The number of pyridine rings is 1. The van der Waals surface area contributed by atoms with E-state index in [9.17, 15) is 4.79 Å². The maximum Gasteiger partial charge on any atom is 0.272 e. The summed E-state index contributed by atoms with van der Waals surface area (Å²) in [5, 5.41) is 0.919. The van der Waals surface area contributed by atoms with Crippen molar-refractivity contribution in [3.8, 4) is 0 Å². The molecule has 4 aromatic rings. The van der Waals surface area contributed by atoms with Crippen LogP contribution in [0.15, 0.2) is 79.4 Å². The van der Waals surface area contributed by atoms with Gasteiger partial charge in [-0.1, -0.05) is 30.3 Å². The lowest BCUT2D eigenvalue weighted by molar-refractivity contribution is -0.111. The van der Waals surface area contributed by atoms with Crippen molar-refractivity contribution in [2.45, 2.75) is 0 Å². The predicted octanol–water partition coefficient (Wildman–Crippen LogP) is 2.42. The number of hydrogen-bond acceptors (Lipinski definition) is 5. The summed E-state index contributed by atoms with van der Waals surface area (Å²) in [6.07, 6.45) is 6.58. The second-order valence-corrected chi connectivity index (χ2v) is 5.77. The molecule has 0 atom stereocenters. The number of amides is 1. The zero-order valence-corrected chi connectivity index (χ0v) is 14.3. The molecule has 0 unspecified atom stereocenters. The van der Waals surface area contributed by atoms with Crippen LogP contribution in [0.3, 0.4) is 0 Å². The van der Waals surface area contributed by atoms with Crippen LogP contribution < -0.4 is 11.2 Å². The van der Waals surface area contributed by atoms with Crippen molar-refractivity contribution in [3.63, 3.8) is 0 Å². The first-order chi connectivity index (χ1) is 13.2. The Morgan fingerprint density at radius 2 is 1.63 bits per heavy atom. The molecule has 27 heavy (non-hydrogen) atoms. The van der Waals surface area contributed by atoms with Gasteiger partial charge >= 0.3 is 0 Å². The van der Waals surface area contributed by atoms with Crippen molar-refractivity contribution < 1.29 is 4.79 Å². The maximum absolute atomic E-state index is 13.1. The molecule has 3 heterocycles. The largest absolute Gasteiger partial charge is 0.395 e. The molecule has 3 N–H and O–H groups in total. The van der Waals surface area contributed by atoms with Crippen molar-refractivity contribution in [1.82, 2.24) is 19.6 Å². The van der Waals surface area contributed by atoms with E-state index in [2.05, 4.69) is 20.4 Å². The number of hydrogen-bond donors (Lipinski definition) is 2. The number of nitrogens with two attached hydrogens (primary N) is 1. The van der Waals surface area contributed by atoms with Gasteiger partial charge in [0.05, 0.1) is 11.3 Å². The van der Waals surface area contributed by atoms with Gasteiger partial charge in [-0.15, -0.1) is 0 Å². The highest BCUT2D eigenvalue weighted by Gasteiger charge is 2.19. The molecule has 4 rings (SSSR count). The Morgan fingerprint density at radius 1 is 0.889 bits per heavy atom. The number of nitrogens with one attached hydrogen (secondary N) is 1. The normalized spacial score (nSPS) is 11.9. The average molecular weight is 356 g/mol. The van der Waals surface area contributed by atoms with Crippen LogP contribution in [0, 0.1) is 0 Å². The van der Waals surface area contributed by atoms with Crippen LogP contribution >= 0.6 is 0 Å². The molecule has 7 heteroatoms. The van der Waals surface area contributed by atoms with Gasteiger partial charge in [-0.25, -0.2) is 19.6 Å². The fourth-order valence-electron chi connectivity index (χ4n) is 2.79. The van der Waals surface area contributed by atoms with Crippen molar-refractivity contribution in [2.24, 2.45) is 5.73 Å². The van der Waals surface area contributed by atoms with Crippen molar-refractivity contribution in [1.29, 1.82) is 0 Å². The lowest BCUT2D eigenvalue weighted by Crippen LogP contribution is -2.25. The fourth-order valence-corrected chi connectivity index (χ4v) is 2.79. The Kier molecular flexibility index (Phi) is 4.32. The Morgan fingerprint density at radius 3 is 2.41 bits per heavy atom. The van der Waals surface area contributed by atoms with Crippen LogP contribution in [0.1, 0.15) is 11.4 Å². The van der Waals surface area contributed by atoms with Gasteiger partial charge in [-0.3, -0.25) is 10.2 Å². The molecule has 7 nitrogen and oxygen atoms in total. The Hall–Kier alpha value is -4.00. The fraction of sp³-hybridized carbons (Fsp3) is 0. The number of aromatic nitrogens is 4. The smallest absolute Gasteiger partial charge is 0.272 e. The first kappa shape index (κ1) is 16.5. The predicted molar refractivity (Wildman–Crippen MR) is 104 cm³/mol. The van der Waals surface area contributed by atoms with E-state index in [1.165, 1.54) is 0 Å². The summed E-state index contributed by atoms with van der Waals surface area (Å²) < 4.78 is 1.57. The summed E-state index contributed by atoms with van der Waals surface area (Å²) in [5.41, 5.74) is 10.9. The molecule has 3 aromatic heterocycles. The van der Waals surface area contributed by atoms with Crippen LogP contribution in [-0.4, -0.2) is 25.5 Å². The SMILES string of the molecule is NC(=C(C(=O)Nn1ccc2cccnc21)c1ccccc1)c1ncccn1. The quantitative estimate of drug-likeness (QED) is 0.547. The van der Waals surface area contributed by atoms with Gasteiger partial charge in [0.1, 0.15) is 0 Å². The zero-order chi connectivity index (χ0) is 18.6. The zero-order valence-electron chi connectivity index (χ0n) is 14.3. The van der Waals surface area contributed by atoms with Gasteiger partial charge in [-0.05, 0) is 29.8 Å². The molecule has 1 amide bonds. The summed E-state index contributed by atoms with van der Waals surface area (Å²) in [5.74, 6) is -0.0868. The number of fused-ring (bicyclic) bond motifs is 1. The number of carbonyl (C=O) groups excluding carboxylic acids is 1. The monoisotopic (exact) mass is 356 g/mol. The maximum atomic E-state index is 13.1. The second kappa shape index (κ2) is 7.09. The highest BCUT2D eigenvalue weighted by Crippen LogP contribution is 2.22. The molecule has 0 radical (unpaired) electrons. The summed E-state index contributed by atoms with van der Waals surface area (Å²) in [4.78, 5) is 25.7. The minimum atomic E-state index is -0.380. The molecule has 1 aromatic carbocycles. The second-order valence-electron chi connectivity index (χ2n) is 5.77.